The highest BCUT2D eigenvalue weighted by Gasteiger charge is 2.21. The van der Waals surface area contributed by atoms with Crippen LogP contribution in [0.3, 0.4) is 0 Å². The van der Waals surface area contributed by atoms with Gasteiger partial charge in [-0.05, 0) is 24.3 Å². The number of cyclic esters (lactones) is 4. The van der Waals surface area contributed by atoms with Gasteiger partial charge in [0.25, 0.3) is 0 Å². The molecule has 31 heavy (non-hydrogen) atoms. The number of fused-ring (bicyclic) bond motifs is 2. The summed E-state index contributed by atoms with van der Waals surface area (Å²) in [4.78, 5) is 49.3. The zero-order valence-electron chi connectivity index (χ0n) is 16.5. The minimum Gasteiger partial charge on any atom is -0.460 e. The van der Waals surface area contributed by atoms with Crippen LogP contribution in [0.2, 0.25) is 0 Å². The third kappa shape index (κ3) is 5.89. The van der Waals surface area contributed by atoms with Crippen LogP contribution < -0.4 is 0 Å². The topological polar surface area (TPSA) is 114 Å². The van der Waals surface area contributed by atoms with E-state index in [1.165, 1.54) is 24.3 Å². The highest BCUT2D eigenvalue weighted by molar-refractivity contribution is 6.04. The zero-order chi connectivity index (χ0) is 22.1. The SMILES string of the molecule is O=C1OCCOCCOC(=O)c2ccccc2C(=O)OCCOC(=O)c2ccccc21. The minimum absolute atomic E-state index is 0.0296. The Balaban J connectivity index is 1.75. The third-order valence-electron chi connectivity index (χ3n) is 4.21. The number of hydrogen-bond acceptors (Lipinski definition) is 9. The molecule has 1 heterocycles. The normalized spacial score (nSPS) is 16.8. The van der Waals surface area contributed by atoms with Crippen molar-refractivity contribution in [1.29, 1.82) is 0 Å². The molecule has 2 aromatic rings. The van der Waals surface area contributed by atoms with E-state index in [0.717, 1.165) is 0 Å². The fourth-order valence-corrected chi connectivity index (χ4v) is 2.75. The number of rotatable bonds is 0. The zero-order valence-corrected chi connectivity index (χ0v) is 16.5. The van der Waals surface area contributed by atoms with Gasteiger partial charge in [-0.3, -0.25) is 0 Å². The number of carbonyl (C=O) groups excluding carboxylic acids is 4. The van der Waals surface area contributed by atoms with Crippen LogP contribution in [0.15, 0.2) is 48.5 Å². The van der Waals surface area contributed by atoms with E-state index in [2.05, 4.69) is 0 Å². The lowest BCUT2D eigenvalue weighted by Crippen LogP contribution is -2.18. The maximum absolute atomic E-state index is 12.4. The van der Waals surface area contributed by atoms with Gasteiger partial charge < -0.3 is 23.7 Å². The molecule has 1 aliphatic rings. The van der Waals surface area contributed by atoms with Crippen molar-refractivity contribution < 1.29 is 42.9 Å². The van der Waals surface area contributed by atoms with Crippen LogP contribution in [0, 0.1) is 0 Å². The van der Waals surface area contributed by atoms with E-state index in [9.17, 15) is 19.2 Å². The molecule has 9 heteroatoms. The molecule has 0 aromatic heterocycles. The molecule has 0 fully saturated rings. The first-order chi connectivity index (χ1) is 15.1. The first-order valence-electron chi connectivity index (χ1n) is 9.52. The van der Waals surface area contributed by atoms with Crippen LogP contribution in [0.25, 0.3) is 0 Å². The Morgan fingerprint density at radius 1 is 0.419 bits per heavy atom. The van der Waals surface area contributed by atoms with Crippen LogP contribution >= 0.6 is 0 Å². The monoisotopic (exact) mass is 428 g/mol. The predicted octanol–water partition coefficient (Wildman–Crippen LogP) is 2.04. The second-order valence-electron chi connectivity index (χ2n) is 6.25. The Bertz CT molecular complexity index is 889. The molecule has 0 aliphatic carbocycles. The molecule has 3 rings (SSSR count). The molecule has 0 N–H and O–H groups in total. The van der Waals surface area contributed by atoms with Gasteiger partial charge in [-0.1, -0.05) is 24.3 Å². The summed E-state index contributed by atoms with van der Waals surface area (Å²) in [5, 5.41) is 0. The number of hydrogen-bond donors (Lipinski definition) is 0. The molecule has 0 spiro atoms. The molecule has 0 bridgehead atoms. The Kier molecular flexibility index (Phi) is 7.72. The van der Waals surface area contributed by atoms with Crippen molar-refractivity contribution >= 4 is 23.9 Å². The number of carbonyl (C=O) groups is 4. The summed E-state index contributed by atoms with van der Waals surface area (Å²) in [6.45, 7) is -0.455. The van der Waals surface area contributed by atoms with Crippen molar-refractivity contribution in [3.05, 3.63) is 70.8 Å². The minimum atomic E-state index is -0.762. The average Bonchev–Trinajstić information content (AvgIpc) is 2.80. The van der Waals surface area contributed by atoms with Crippen LogP contribution in [0.4, 0.5) is 0 Å². The predicted molar refractivity (Wildman–Crippen MR) is 105 cm³/mol. The quantitative estimate of drug-likeness (QED) is 0.459. The molecule has 1 aliphatic heterocycles. The van der Waals surface area contributed by atoms with Crippen LogP contribution in [-0.2, 0) is 23.7 Å². The lowest BCUT2D eigenvalue weighted by Gasteiger charge is -2.10. The number of benzene rings is 2. The van der Waals surface area contributed by atoms with Crippen LogP contribution in [0.5, 0.6) is 0 Å². The lowest BCUT2D eigenvalue weighted by molar-refractivity contribution is 0.0147. The molecule has 0 saturated heterocycles. The first kappa shape index (κ1) is 22.0. The van der Waals surface area contributed by atoms with Crippen LogP contribution in [-0.4, -0.2) is 63.5 Å². The van der Waals surface area contributed by atoms with Gasteiger partial charge in [0.15, 0.2) is 0 Å². The summed E-state index contributed by atoms with van der Waals surface area (Å²) in [6.07, 6.45) is 0. The fourth-order valence-electron chi connectivity index (χ4n) is 2.75. The second kappa shape index (κ2) is 10.9. The lowest BCUT2D eigenvalue weighted by atomic mass is 10.1. The van der Waals surface area contributed by atoms with Gasteiger partial charge in [0.2, 0.25) is 0 Å². The van der Waals surface area contributed by atoms with Gasteiger partial charge in [0.05, 0.1) is 35.5 Å². The van der Waals surface area contributed by atoms with Gasteiger partial charge in [-0.25, -0.2) is 19.2 Å². The van der Waals surface area contributed by atoms with E-state index >= 15 is 0 Å². The van der Waals surface area contributed by atoms with E-state index in [-0.39, 0.29) is 61.9 Å². The van der Waals surface area contributed by atoms with Crippen LogP contribution in [0.1, 0.15) is 41.4 Å². The van der Waals surface area contributed by atoms with Crippen molar-refractivity contribution in [2.75, 3.05) is 39.6 Å². The summed E-state index contributed by atoms with van der Waals surface area (Å²) < 4.78 is 25.7. The van der Waals surface area contributed by atoms with E-state index in [1.54, 1.807) is 24.3 Å². The molecular weight excluding hydrogens is 408 g/mol. The van der Waals surface area contributed by atoms with Crippen molar-refractivity contribution in [3.63, 3.8) is 0 Å². The Hall–Kier alpha value is -3.72. The molecule has 0 unspecified atom stereocenters. The van der Waals surface area contributed by atoms with Crippen molar-refractivity contribution in [2.45, 2.75) is 0 Å². The van der Waals surface area contributed by atoms with E-state index in [0.29, 0.717) is 0 Å². The van der Waals surface area contributed by atoms with Crippen molar-refractivity contribution in [3.8, 4) is 0 Å². The summed E-state index contributed by atoms with van der Waals surface area (Å²) >= 11 is 0. The Morgan fingerprint density at radius 2 is 0.677 bits per heavy atom. The van der Waals surface area contributed by atoms with Crippen molar-refractivity contribution in [2.24, 2.45) is 0 Å². The number of esters is 4. The molecule has 0 amide bonds. The van der Waals surface area contributed by atoms with E-state index < -0.39 is 23.9 Å². The summed E-state index contributed by atoms with van der Waals surface area (Å²) in [7, 11) is 0. The molecule has 2 aromatic carbocycles. The van der Waals surface area contributed by atoms with E-state index in [4.69, 9.17) is 23.7 Å². The van der Waals surface area contributed by atoms with Gasteiger partial charge >= 0.3 is 23.9 Å². The standard InChI is InChI=1S/C22H20O9/c23-19-15-5-1-3-7-17(15)21(25)30-13-14-31-22(26)18-8-4-2-6-16(18)20(24)29-12-10-27-9-11-28-19/h1-8H,9-14H2. The van der Waals surface area contributed by atoms with Gasteiger partial charge in [-0.2, -0.15) is 0 Å². The molecule has 162 valence electrons. The second-order valence-corrected chi connectivity index (χ2v) is 6.25. The summed E-state index contributed by atoms with van der Waals surface area (Å²) in [5.74, 6) is -2.94. The highest BCUT2D eigenvalue weighted by atomic mass is 16.6. The number of ether oxygens (including phenoxy) is 5. The molecular formula is C22H20O9. The maximum Gasteiger partial charge on any atom is 0.339 e. The Morgan fingerprint density at radius 3 is 0.968 bits per heavy atom. The molecule has 0 atom stereocenters. The molecule has 0 radical (unpaired) electrons. The third-order valence-corrected chi connectivity index (χ3v) is 4.21. The fraction of sp³-hybridized carbons (Fsp3) is 0.273. The van der Waals surface area contributed by atoms with Gasteiger partial charge in [-0.15, -0.1) is 0 Å². The van der Waals surface area contributed by atoms with E-state index in [1.807, 2.05) is 0 Å². The summed E-state index contributed by atoms with van der Waals surface area (Å²) in [6, 6.07) is 12.1. The van der Waals surface area contributed by atoms with Crippen molar-refractivity contribution in [1.82, 2.24) is 0 Å². The maximum atomic E-state index is 12.4. The average molecular weight is 428 g/mol. The highest BCUT2D eigenvalue weighted by Crippen LogP contribution is 2.14. The van der Waals surface area contributed by atoms with Gasteiger partial charge in [0.1, 0.15) is 26.4 Å². The molecule has 9 nitrogen and oxygen atoms in total. The first-order valence-corrected chi connectivity index (χ1v) is 9.52. The molecule has 0 saturated carbocycles. The summed E-state index contributed by atoms with van der Waals surface area (Å²) in [5.41, 5.74) is 0.152. The Labute approximate surface area is 177 Å². The van der Waals surface area contributed by atoms with Gasteiger partial charge in [0, 0.05) is 0 Å². The largest absolute Gasteiger partial charge is 0.460 e. The smallest absolute Gasteiger partial charge is 0.339 e.